The highest BCUT2D eigenvalue weighted by Crippen LogP contribution is 2.28. The maximum absolute atomic E-state index is 13.5. The molecule has 0 spiro atoms. The van der Waals surface area contributed by atoms with Crippen LogP contribution in [-0.4, -0.2) is 31.1 Å². The number of benzene rings is 1. The van der Waals surface area contributed by atoms with Gasteiger partial charge in [0.2, 0.25) is 0 Å². The molecular formula is C17H25ClF2N2. The summed E-state index contributed by atoms with van der Waals surface area (Å²) in [4.78, 5) is 2.37. The number of piperazine rings is 1. The van der Waals surface area contributed by atoms with Crippen LogP contribution in [0, 0.1) is 11.6 Å². The molecule has 1 N–H and O–H groups in total. The summed E-state index contributed by atoms with van der Waals surface area (Å²) in [7, 11) is 0. The molecule has 0 radical (unpaired) electrons. The minimum absolute atomic E-state index is 0. The van der Waals surface area contributed by atoms with Crippen molar-refractivity contribution in [2.75, 3.05) is 26.2 Å². The maximum atomic E-state index is 13.5. The molecule has 1 heterocycles. The topological polar surface area (TPSA) is 15.3 Å². The molecule has 124 valence electrons. The number of unbranched alkanes of at least 4 members (excludes halogenated alkanes) is 2. The van der Waals surface area contributed by atoms with E-state index in [1.807, 2.05) is 6.08 Å². The molecule has 5 heteroatoms. The zero-order valence-electron chi connectivity index (χ0n) is 12.9. The van der Waals surface area contributed by atoms with Crippen molar-refractivity contribution < 1.29 is 8.78 Å². The second-order valence-corrected chi connectivity index (χ2v) is 5.55. The van der Waals surface area contributed by atoms with E-state index in [0.717, 1.165) is 57.4 Å². The predicted octanol–water partition coefficient (Wildman–Crippen LogP) is 4.08. The predicted molar refractivity (Wildman–Crippen MR) is 89.5 cm³/mol. The van der Waals surface area contributed by atoms with Gasteiger partial charge in [-0.1, -0.05) is 18.6 Å². The number of halogens is 3. The molecule has 0 bridgehead atoms. The average molecular weight is 331 g/mol. The second-order valence-electron chi connectivity index (χ2n) is 5.55. The van der Waals surface area contributed by atoms with Gasteiger partial charge in [-0.3, -0.25) is 4.90 Å². The lowest BCUT2D eigenvalue weighted by molar-refractivity contribution is 0.162. The summed E-state index contributed by atoms with van der Waals surface area (Å²) in [5, 5.41) is 3.33. The average Bonchev–Trinajstić information content (AvgIpc) is 2.51. The van der Waals surface area contributed by atoms with Gasteiger partial charge in [-0.25, -0.2) is 8.78 Å². The fraction of sp³-hybridized carbons (Fsp3) is 0.529. The highest BCUT2D eigenvalue weighted by atomic mass is 35.5. The molecule has 0 aliphatic carbocycles. The molecule has 0 amide bonds. The Balaban J connectivity index is 0.00000242. The van der Waals surface area contributed by atoms with Crippen LogP contribution in [0.3, 0.4) is 0 Å². The molecule has 1 aromatic rings. The molecule has 1 aromatic carbocycles. The van der Waals surface area contributed by atoms with Crippen LogP contribution in [0.2, 0.25) is 0 Å². The molecule has 1 saturated heterocycles. The number of allylic oxidation sites excluding steroid dienone is 1. The summed E-state index contributed by atoms with van der Waals surface area (Å²) >= 11 is 0. The first-order valence-corrected chi connectivity index (χ1v) is 7.73. The van der Waals surface area contributed by atoms with E-state index in [2.05, 4.69) is 16.8 Å². The van der Waals surface area contributed by atoms with Gasteiger partial charge < -0.3 is 5.32 Å². The molecule has 2 nitrogen and oxygen atoms in total. The van der Waals surface area contributed by atoms with Crippen molar-refractivity contribution in [3.63, 3.8) is 0 Å². The van der Waals surface area contributed by atoms with Crippen LogP contribution < -0.4 is 5.32 Å². The Morgan fingerprint density at radius 3 is 2.55 bits per heavy atom. The summed E-state index contributed by atoms with van der Waals surface area (Å²) in [6, 6.07) is 4.49. The van der Waals surface area contributed by atoms with E-state index in [1.54, 1.807) is 6.07 Å². The van der Waals surface area contributed by atoms with Crippen LogP contribution in [0.1, 0.15) is 37.3 Å². The molecule has 0 saturated carbocycles. The Hall–Kier alpha value is -0.970. The van der Waals surface area contributed by atoms with Crippen molar-refractivity contribution in [3.8, 4) is 0 Å². The molecule has 0 unspecified atom stereocenters. The fourth-order valence-electron chi connectivity index (χ4n) is 2.90. The van der Waals surface area contributed by atoms with Crippen molar-refractivity contribution in [2.24, 2.45) is 0 Å². The Morgan fingerprint density at radius 2 is 1.91 bits per heavy atom. The van der Waals surface area contributed by atoms with E-state index in [4.69, 9.17) is 0 Å². The van der Waals surface area contributed by atoms with E-state index in [-0.39, 0.29) is 18.4 Å². The van der Waals surface area contributed by atoms with Gasteiger partial charge >= 0.3 is 0 Å². The Bertz CT molecular complexity index is 462. The highest BCUT2D eigenvalue weighted by molar-refractivity contribution is 5.85. The summed E-state index contributed by atoms with van der Waals surface area (Å²) in [6.07, 6.45) is 6.07. The van der Waals surface area contributed by atoms with Crippen LogP contribution in [0.25, 0.3) is 0 Å². The second kappa shape index (κ2) is 9.93. The van der Waals surface area contributed by atoms with Crippen molar-refractivity contribution in [1.82, 2.24) is 10.2 Å². The zero-order chi connectivity index (χ0) is 15.1. The Morgan fingerprint density at radius 1 is 1.18 bits per heavy atom. The number of rotatable bonds is 7. The van der Waals surface area contributed by atoms with Gasteiger partial charge in [0.1, 0.15) is 0 Å². The van der Waals surface area contributed by atoms with Crippen LogP contribution in [0.4, 0.5) is 8.78 Å². The van der Waals surface area contributed by atoms with Crippen LogP contribution in [0.15, 0.2) is 30.9 Å². The van der Waals surface area contributed by atoms with Crippen LogP contribution in [0.5, 0.6) is 0 Å². The molecule has 1 fully saturated rings. The van der Waals surface area contributed by atoms with Crippen LogP contribution in [-0.2, 0) is 0 Å². The normalized spacial score (nSPS) is 16.8. The molecular weight excluding hydrogens is 306 g/mol. The lowest BCUT2D eigenvalue weighted by atomic mass is 9.98. The largest absolute Gasteiger partial charge is 0.314 e. The van der Waals surface area contributed by atoms with Gasteiger partial charge in [-0.2, -0.15) is 0 Å². The van der Waals surface area contributed by atoms with Gasteiger partial charge in [-0.15, -0.1) is 19.0 Å². The third kappa shape index (κ3) is 5.34. The highest BCUT2D eigenvalue weighted by Gasteiger charge is 2.22. The number of hydrogen-bond donors (Lipinski definition) is 1. The molecule has 2 rings (SSSR count). The standard InChI is InChI=1S/C17H24F2N2.ClH/c1-2-3-4-5-6-17(21-11-9-20-10-12-21)14-7-8-15(18)16(19)13-14;/h2,7-8,13,17,20H,1,3-6,9-12H2;1H/t17-;/m1./s1. The summed E-state index contributed by atoms with van der Waals surface area (Å²) < 4.78 is 26.7. The summed E-state index contributed by atoms with van der Waals surface area (Å²) in [5.41, 5.74) is 0.884. The van der Waals surface area contributed by atoms with Crippen molar-refractivity contribution >= 4 is 12.4 Å². The first-order chi connectivity index (χ1) is 10.2. The van der Waals surface area contributed by atoms with E-state index in [1.165, 1.54) is 12.1 Å². The maximum Gasteiger partial charge on any atom is 0.159 e. The number of nitrogens with one attached hydrogen (secondary N) is 1. The lowest BCUT2D eigenvalue weighted by Crippen LogP contribution is -2.45. The fourth-order valence-corrected chi connectivity index (χ4v) is 2.90. The molecule has 1 aliphatic rings. The zero-order valence-corrected chi connectivity index (χ0v) is 13.7. The van der Waals surface area contributed by atoms with Crippen molar-refractivity contribution in [1.29, 1.82) is 0 Å². The molecule has 1 atom stereocenters. The molecule has 0 aromatic heterocycles. The quantitative estimate of drug-likeness (QED) is 0.598. The molecule has 1 aliphatic heterocycles. The van der Waals surface area contributed by atoms with Gasteiger partial charge in [-0.05, 0) is 37.0 Å². The van der Waals surface area contributed by atoms with Crippen molar-refractivity contribution in [2.45, 2.75) is 31.7 Å². The SMILES string of the molecule is C=CCCCC[C@H](c1ccc(F)c(F)c1)N1CCNCC1.Cl. The van der Waals surface area contributed by atoms with E-state index >= 15 is 0 Å². The van der Waals surface area contributed by atoms with E-state index < -0.39 is 11.6 Å². The van der Waals surface area contributed by atoms with Gasteiger partial charge in [0.15, 0.2) is 11.6 Å². The van der Waals surface area contributed by atoms with Gasteiger partial charge in [0, 0.05) is 32.2 Å². The van der Waals surface area contributed by atoms with E-state index in [9.17, 15) is 8.78 Å². The van der Waals surface area contributed by atoms with Gasteiger partial charge in [0.05, 0.1) is 0 Å². The smallest absolute Gasteiger partial charge is 0.159 e. The monoisotopic (exact) mass is 330 g/mol. The summed E-state index contributed by atoms with van der Waals surface area (Å²) in [6.45, 7) is 7.54. The third-order valence-corrected chi connectivity index (χ3v) is 4.06. The first kappa shape index (κ1) is 19.1. The minimum Gasteiger partial charge on any atom is -0.314 e. The molecule has 22 heavy (non-hydrogen) atoms. The third-order valence-electron chi connectivity index (χ3n) is 4.06. The number of nitrogens with zero attached hydrogens (tertiary/aromatic N) is 1. The first-order valence-electron chi connectivity index (χ1n) is 7.73. The Labute approximate surface area is 138 Å². The summed E-state index contributed by atoms with van der Waals surface area (Å²) in [5.74, 6) is -1.52. The van der Waals surface area contributed by atoms with E-state index in [0.29, 0.717) is 0 Å². The number of hydrogen-bond acceptors (Lipinski definition) is 2. The lowest BCUT2D eigenvalue weighted by Gasteiger charge is -2.35. The van der Waals surface area contributed by atoms with Crippen molar-refractivity contribution in [3.05, 3.63) is 48.1 Å². The Kier molecular flexibility index (Phi) is 8.61. The minimum atomic E-state index is -0.774. The van der Waals surface area contributed by atoms with Gasteiger partial charge in [0.25, 0.3) is 0 Å². The van der Waals surface area contributed by atoms with Crippen LogP contribution >= 0.6 is 12.4 Å².